The summed E-state index contributed by atoms with van der Waals surface area (Å²) in [6, 6.07) is 1.59. The van der Waals surface area contributed by atoms with Crippen molar-refractivity contribution in [2.24, 2.45) is 0 Å². The first-order valence-electron chi connectivity index (χ1n) is 10.0. The number of hydrogen-bond donors (Lipinski definition) is 3. The summed E-state index contributed by atoms with van der Waals surface area (Å²) in [7, 11) is 0. The molecule has 0 radical (unpaired) electrons. The Balaban J connectivity index is 0.000000751. The van der Waals surface area contributed by atoms with Gasteiger partial charge in [0.05, 0.1) is 47.8 Å². The van der Waals surface area contributed by atoms with Crippen LogP contribution >= 0.6 is 11.6 Å². The lowest BCUT2D eigenvalue weighted by Crippen LogP contribution is -2.60. The van der Waals surface area contributed by atoms with Crippen molar-refractivity contribution in [2.75, 3.05) is 23.3 Å². The predicted octanol–water partition coefficient (Wildman–Crippen LogP) is 4.96. The van der Waals surface area contributed by atoms with Crippen molar-refractivity contribution in [3.8, 4) is 0 Å². The van der Waals surface area contributed by atoms with Gasteiger partial charge < -0.3 is 25.1 Å². The molecule has 3 aromatic rings. The molecule has 8 nitrogen and oxygen atoms in total. The van der Waals surface area contributed by atoms with E-state index >= 15 is 0 Å². The molecule has 1 saturated heterocycles. The number of benzene rings is 1. The Kier molecular flexibility index (Phi) is 7.51. The van der Waals surface area contributed by atoms with E-state index in [9.17, 15) is 27.5 Å². The monoisotopic (exact) mass is 503 g/mol. The van der Waals surface area contributed by atoms with Crippen molar-refractivity contribution in [1.82, 2.24) is 15.3 Å². The Bertz CT molecular complexity index is 1160. The maximum absolute atomic E-state index is 13.6. The summed E-state index contributed by atoms with van der Waals surface area (Å²) in [4.78, 5) is 22.6. The Hall–Kier alpha value is -3.12. The average Bonchev–Trinajstić information content (AvgIpc) is 3.03. The molecule has 34 heavy (non-hydrogen) atoms. The molecule has 1 fully saturated rings. The zero-order valence-electron chi connectivity index (χ0n) is 18.4. The normalized spacial score (nSPS) is 15.4. The number of amides is 2. The third-order valence-electron chi connectivity index (χ3n) is 4.98. The third-order valence-corrected chi connectivity index (χ3v) is 5.26. The summed E-state index contributed by atoms with van der Waals surface area (Å²) in [5.74, 6) is 0.526. The number of aryl methyl sites for hydroxylation is 1. The first kappa shape index (κ1) is 25.5. The van der Waals surface area contributed by atoms with Gasteiger partial charge in [-0.25, -0.2) is 19.2 Å². The number of anilines is 2. The molecule has 184 valence electrons. The first-order valence-corrected chi connectivity index (χ1v) is 10.4. The summed E-state index contributed by atoms with van der Waals surface area (Å²) in [5.41, 5.74) is 0.786. The van der Waals surface area contributed by atoms with Crippen LogP contribution in [-0.2, 0) is 0 Å². The third kappa shape index (κ3) is 6.06. The second kappa shape index (κ2) is 10.0. The van der Waals surface area contributed by atoms with Crippen LogP contribution < -0.4 is 15.5 Å². The fourth-order valence-corrected chi connectivity index (χ4v) is 3.82. The van der Waals surface area contributed by atoms with Crippen LogP contribution in [0.1, 0.15) is 31.2 Å². The van der Waals surface area contributed by atoms with Crippen molar-refractivity contribution in [1.29, 1.82) is 0 Å². The van der Waals surface area contributed by atoms with E-state index < -0.39 is 30.2 Å². The molecule has 2 aromatic heterocycles. The number of hydrogen-bond acceptors (Lipinski definition) is 6. The molecule has 1 aromatic carbocycles. The molecule has 0 saturated carbocycles. The van der Waals surface area contributed by atoms with Crippen LogP contribution in [0.15, 0.2) is 28.9 Å². The van der Waals surface area contributed by atoms with E-state index in [0.29, 0.717) is 47.0 Å². The Morgan fingerprint density at radius 2 is 1.85 bits per heavy atom. The number of aliphatic hydroxyl groups is 1. The molecule has 0 aliphatic carbocycles. The summed E-state index contributed by atoms with van der Waals surface area (Å²) in [6.45, 7) is 2.54. The van der Waals surface area contributed by atoms with Gasteiger partial charge in [0, 0.05) is 10.9 Å². The molecular weight excluding hydrogens is 482 g/mol. The van der Waals surface area contributed by atoms with E-state index in [0.717, 1.165) is 0 Å². The SMILES string of the molecule is Cc1c(C(C)NC(=O)Nc2cnc(N3CC(C)(O)C3)nc2)oc2c(Cl)cc(F)cc12.FC(F)F. The minimum atomic E-state index is -3.67. The van der Waals surface area contributed by atoms with Crippen LogP contribution in [0.4, 0.5) is 34.0 Å². The summed E-state index contributed by atoms with van der Waals surface area (Å²) in [6.07, 6.45) is 2.99. The number of halogens is 5. The average molecular weight is 504 g/mol. The van der Waals surface area contributed by atoms with Crippen LogP contribution in [0.5, 0.6) is 0 Å². The molecule has 1 aliphatic rings. The molecule has 1 atom stereocenters. The lowest BCUT2D eigenvalue weighted by atomic mass is 9.98. The topological polar surface area (TPSA) is 104 Å². The molecule has 1 unspecified atom stereocenters. The zero-order valence-corrected chi connectivity index (χ0v) is 19.1. The fraction of sp³-hybridized carbons (Fsp3) is 0.381. The quantitative estimate of drug-likeness (QED) is 0.435. The number of rotatable bonds is 4. The Morgan fingerprint density at radius 3 is 2.41 bits per heavy atom. The number of furan rings is 1. The fourth-order valence-electron chi connectivity index (χ4n) is 3.57. The number of β-amino-alcohol motifs (C(OH)–C–C–N with tert-alkyl or cyclic N) is 1. The minimum Gasteiger partial charge on any atom is -0.457 e. The molecular formula is C21H22ClF4N5O3. The molecule has 4 rings (SSSR count). The molecule has 0 spiro atoms. The highest BCUT2D eigenvalue weighted by atomic mass is 35.5. The van der Waals surface area contributed by atoms with Gasteiger partial charge in [0.1, 0.15) is 11.6 Å². The first-order chi connectivity index (χ1) is 15.9. The van der Waals surface area contributed by atoms with Crippen LogP contribution in [0, 0.1) is 12.7 Å². The Labute approximate surface area is 196 Å². The van der Waals surface area contributed by atoms with Gasteiger partial charge in [0.15, 0.2) is 5.58 Å². The number of fused-ring (bicyclic) bond motifs is 1. The van der Waals surface area contributed by atoms with Gasteiger partial charge in [-0.3, -0.25) is 0 Å². The number of nitrogens with one attached hydrogen (secondary N) is 2. The van der Waals surface area contributed by atoms with E-state index in [4.69, 9.17) is 16.0 Å². The molecule has 13 heteroatoms. The number of alkyl halides is 3. The second-order valence-electron chi connectivity index (χ2n) is 8.05. The highest BCUT2D eigenvalue weighted by molar-refractivity contribution is 6.34. The molecule has 0 bridgehead atoms. The van der Waals surface area contributed by atoms with E-state index in [2.05, 4.69) is 20.6 Å². The van der Waals surface area contributed by atoms with E-state index in [1.54, 1.807) is 20.8 Å². The van der Waals surface area contributed by atoms with Crippen LogP contribution in [0.3, 0.4) is 0 Å². The molecule has 3 heterocycles. The molecule has 1 aliphatic heterocycles. The lowest BCUT2D eigenvalue weighted by molar-refractivity contribution is 0.00817. The van der Waals surface area contributed by atoms with Crippen LogP contribution in [-0.4, -0.2) is 46.5 Å². The maximum atomic E-state index is 13.6. The minimum absolute atomic E-state index is 0.178. The van der Waals surface area contributed by atoms with Crippen molar-refractivity contribution in [3.05, 3.63) is 46.7 Å². The van der Waals surface area contributed by atoms with Crippen molar-refractivity contribution in [2.45, 2.75) is 39.1 Å². The van der Waals surface area contributed by atoms with Gasteiger partial charge in [-0.2, -0.15) is 13.2 Å². The van der Waals surface area contributed by atoms with Gasteiger partial charge in [0.2, 0.25) is 5.95 Å². The summed E-state index contributed by atoms with van der Waals surface area (Å²) >= 11 is 6.07. The number of carbonyl (C=O) groups excluding carboxylic acids is 1. The van der Waals surface area contributed by atoms with E-state index in [1.165, 1.54) is 24.5 Å². The lowest BCUT2D eigenvalue weighted by Gasteiger charge is -2.44. The highest BCUT2D eigenvalue weighted by Gasteiger charge is 2.37. The van der Waals surface area contributed by atoms with Crippen molar-refractivity contribution in [3.63, 3.8) is 0 Å². The molecule has 3 N–H and O–H groups in total. The number of carbonyl (C=O) groups is 1. The van der Waals surface area contributed by atoms with Crippen LogP contribution in [0.2, 0.25) is 5.02 Å². The zero-order chi connectivity index (χ0) is 25.2. The number of aromatic nitrogens is 2. The highest BCUT2D eigenvalue weighted by Crippen LogP contribution is 2.34. The van der Waals surface area contributed by atoms with Gasteiger partial charge >= 0.3 is 12.7 Å². The van der Waals surface area contributed by atoms with Gasteiger partial charge in [0.25, 0.3) is 0 Å². The number of nitrogens with zero attached hydrogens (tertiary/aromatic N) is 3. The number of urea groups is 1. The second-order valence-corrected chi connectivity index (χ2v) is 8.46. The van der Waals surface area contributed by atoms with Crippen molar-refractivity contribution < 1.29 is 31.9 Å². The smallest absolute Gasteiger partial charge is 0.379 e. The summed E-state index contributed by atoms with van der Waals surface area (Å²) < 4.78 is 48.4. The summed E-state index contributed by atoms with van der Waals surface area (Å²) in [5, 5.41) is 16.0. The largest absolute Gasteiger partial charge is 0.457 e. The van der Waals surface area contributed by atoms with Crippen molar-refractivity contribution >= 4 is 40.2 Å². The molecule has 2 amide bonds. The standard InChI is InChI=1S/C20H21ClFN5O3.CHF3/c1-10-14-4-12(22)5-15(21)17(14)30-16(10)11(2)25-19(28)26-13-6-23-18(24-7-13)27-8-20(3,29)9-27;2-1(3)4/h4-7,11,29H,8-9H2,1-3H3,(H2,25,26,28);1H. The van der Waals surface area contributed by atoms with Crippen LogP contribution in [0.25, 0.3) is 11.0 Å². The van der Waals surface area contributed by atoms with Gasteiger partial charge in [-0.15, -0.1) is 0 Å². The Morgan fingerprint density at radius 1 is 1.26 bits per heavy atom. The maximum Gasteiger partial charge on any atom is 0.379 e. The van der Waals surface area contributed by atoms with Gasteiger partial charge in [-0.05, 0) is 32.9 Å². The van der Waals surface area contributed by atoms with Gasteiger partial charge in [-0.1, -0.05) is 11.6 Å². The van der Waals surface area contributed by atoms with E-state index in [-0.39, 0.29) is 5.02 Å². The predicted molar refractivity (Wildman–Crippen MR) is 118 cm³/mol. The van der Waals surface area contributed by atoms with E-state index in [1.807, 2.05) is 4.90 Å².